The van der Waals surface area contributed by atoms with Gasteiger partial charge in [0.05, 0.1) is 11.8 Å². The van der Waals surface area contributed by atoms with Gasteiger partial charge in [0.2, 0.25) is 17.7 Å². The van der Waals surface area contributed by atoms with E-state index >= 15 is 0 Å². The van der Waals surface area contributed by atoms with Gasteiger partial charge < -0.3 is 29.9 Å². The fraction of sp³-hybridized carbons (Fsp3) is 0.828. The van der Waals surface area contributed by atoms with E-state index in [-0.39, 0.29) is 42.8 Å². The molecule has 2 N–H and O–H groups in total. The highest BCUT2D eigenvalue weighted by molar-refractivity contribution is 5.82. The minimum absolute atomic E-state index is 0.0421. The summed E-state index contributed by atoms with van der Waals surface area (Å²) in [5.41, 5.74) is -1.20. The summed E-state index contributed by atoms with van der Waals surface area (Å²) in [6.07, 6.45) is 3.98. The molecule has 0 unspecified atom stereocenters. The number of carbonyl (C=O) groups excluding carboxylic acids is 5. The third-order valence-electron chi connectivity index (χ3n) is 7.04. The smallest absolute Gasteiger partial charge is 0.410 e. The van der Waals surface area contributed by atoms with E-state index in [1.54, 1.807) is 30.6 Å². The number of carbonyl (C=O) groups is 5. The van der Waals surface area contributed by atoms with Crippen LogP contribution in [-0.4, -0.2) is 90.1 Å². The zero-order chi connectivity index (χ0) is 30.1. The summed E-state index contributed by atoms with van der Waals surface area (Å²) in [5.74, 6) is -1.61. The molecule has 2 aliphatic heterocycles. The lowest BCUT2D eigenvalue weighted by Crippen LogP contribution is -2.48. The topological polar surface area (TPSA) is 134 Å². The van der Waals surface area contributed by atoms with Crippen LogP contribution >= 0.6 is 0 Å². The van der Waals surface area contributed by atoms with Gasteiger partial charge in [0.15, 0.2) is 0 Å². The molecule has 0 spiro atoms. The minimum Gasteiger partial charge on any atom is -0.460 e. The van der Waals surface area contributed by atoms with Crippen molar-refractivity contribution < 1.29 is 33.4 Å². The van der Waals surface area contributed by atoms with Crippen molar-refractivity contribution in [3.63, 3.8) is 0 Å². The van der Waals surface area contributed by atoms with E-state index < -0.39 is 23.1 Å². The molecular formula is C29H50N4O7. The molecule has 2 aliphatic rings. The van der Waals surface area contributed by atoms with Crippen LogP contribution in [-0.2, 0) is 28.7 Å². The van der Waals surface area contributed by atoms with Crippen LogP contribution in [0.5, 0.6) is 0 Å². The molecule has 228 valence electrons. The molecule has 2 atom stereocenters. The van der Waals surface area contributed by atoms with Crippen LogP contribution in [0.3, 0.4) is 0 Å². The summed E-state index contributed by atoms with van der Waals surface area (Å²) in [6, 6.07) is 0. The Hall–Kier alpha value is -2.85. The molecule has 2 rings (SSSR count). The molecule has 0 bridgehead atoms. The number of likely N-dealkylation sites (tertiary alicyclic amines) is 2. The largest absolute Gasteiger partial charge is 0.460 e. The Morgan fingerprint density at radius 3 is 2.00 bits per heavy atom. The Kier molecular flexibility index (Phi) is 12.2. The van der Waals surface area contributed by atoms with Gasteiger partial charge >= 0.3 is 12.1 Å². The first-order valence-corrected chi connectivity index (χ1v) is 14.5. The van der Waals surface area contributed by atoms with Crippen molar-refractivity contribution in [1.82, 2.24) is 20.4 Å². The Balaban J connectivity index is 1.80. The van der Waals surface area contributed by atoms with Gasteiger partial charge in [-0.25, -0.2) is 4.79 Å². The first-order valence-electron chi connectivity index (χ1n) is 14.5. The summed E-state index contributed by atoms with van der Waals surface area (Å²) < 4.78 is 10.9. The second-order valence-electron chi connectivity index (χ2n) is 13.0. The molecule has 40 heavy (non-hydrogen) atoms. The second-order valence-corrected chi connectivity index (χ2v) is 13.0. The molecule has 0 aromatic rings. The van der Waals surface area contributed by atoms with E-state index in [4.69, 9.17) is 9.47 Å². The number of rotatable bonds is 9. The van der Waals surface area contributed by atoms with Crippen molar-refractivity contribution in [2.24, 2.45) is 17.8 Å². The van der Waals surface area contributed by atoms with Gasteiger partial charge in [0, 0.05) is 52.6 Å². The van der Waals surface area contributed by atoms with Crippen molar-refractivity contribution in [2.75, 3.05) is 39.3 Å². The summed E-state index contributed by atoms with van der Waals surface area (Å²) >= 11 is 0. The van der Waals surface area contributed by atoms with Gasteiger partial charge in [-0.2, -0.15) is 0 Å². The maximum Gasteiger partial charge on any atom is 0.410 e. The Morgan fingerprint density at radius 2 is 1.43 bits per heavy atom. The normalized spacial score (nSPS) is 19.4. The number of piperidine rings is 2. The number of nitrogens with one attached hydrogen (secondary N) is 2. The number of ether oxygens (including phenoxy) is 2. The highest BCUT2D eigenvalue weighted by Gasteiger charge is 2.32. The van der Waals surface area contributed by atoms with Gasteiger partial charge in [0.1, 0.15) is 11.2 Å². The maximum absolute atomic E-state index is 13.0. The SMILES string of the molecule is CC(=O)NC[C@@H](CNC(=O)[C@@H]1CCCN(C(=O)CCC2CCN(C(=O)OC(C)(C)C)CC2)C1)C(=O)OC(C)(C)C. The van der Waals surface area contributed by atoms with E-state index in [2.05, 4.69) is 10.6 Å². The van der Waals surface area contributed by atoms with Crippen LogP contribution in [0.15, 0.2) is 0 Å². The third kappa shape index (κ3) is 12.1. The molecule has 4 amide bonds. The van der Waals surface area contributed by atoms with E-state index in [1.165, 1.54) is 6.92 Å². The highest BCUT2D eigenvalue weighted by Crippen LogP contribution is 2.25. The van der Waals surface area contributed by atoms with Crippen LogP contribution in [0.25, 0.3) is 0 Å². The fourth-order valence-corrected chi connectivity index (χ4v) is 4.89. The lowest BCUT2D eigenvalue weighted by molar-refractivity contribution is -0.159. The molecule has 2 heterocycles. The van der Waals surface area contributed by atoms with Gasteiger partial charge in [-0.15, -0.1) is 0 Å². The predicted octanol–water partition coefficient (Wildman–Crippen LogP) is 2.86. The first kappa shape index (κ1) is 33.4. The van der Waals surface area contributed by atoms with E-state index in [1.807, 2.05) is 20.8 Å². The lowest BCUT2D eigenvalue weighted by atomic mass is 9.91. The van der Waals surface area contributed by atoms with Gasteiger partial charge in [-0.3, -0.25) is 19.2 Å². The average molecular weight is 567 g/mol. The molecular weight excluding hydrogens is 516 g/mol. The van der Waals surface area contributed by atoms with Crippen molar-refractivity contribution in [1.29, 1.82) is 0 Å². The van der Waals surface area contributed by atoms with E-state index in [0.717, 1.165) is 25.7 Å². The van der Waals surface area contributed by atoms with Crippen LogP contribution in [0, 0.1) is 17.8 Å². The Labute approximate surface area is 239 Å². The molecule has 0 saturated carbocycles. The fourth-order valence-electron chi connectivity index (χ4n) is 4.89. The first-order chi connectivity index (χ1) is 18.5. The van der Waals surface area contributed by atoms with E-state index in [0.29, 0.717) is 44.9 Å². The number of hydrogen-bond acceptors (Lipinski definition) is 7. The minimum atomic E-state index is -0.713. The quantitative estimate of drug-likeness (QED) is 0.410. The summed E-state index contributed by atoms with van der Waals surface area (Å²) in [4.78, 5) is 65.7. The van der Waals surface area contributed by atoms with Crippen LogP contribution < -0.4 is 10.6 Å². The number of amides is 4. The Bertz CT molecular complexity index is 901. The Morgan fingerprint density at radius 1 is 0.825 bits per heavy atom. The lowest BCUT2D eigenvalue weighted by Gasteiger charge is -2.34. The molecule has 11 heteroatoms. The zero-order valence-corrected chi connectivity index (χ0v) is 25.5. The predicted molar refractivity (Wildman–Crippen MR) is 150 cm³/mol. The van der Waals surface area contributed by atoms with Crippen molar-refractivity contribution >= 4 is 29.8 Å². The molecule has 2 saturated heterocycles. The van der Waals surface area contributed by atoms with Crippen molar-refractivity contribution in [2.45, 2.75) is 98.2 Å². The zero-order valence-electron chi connectivity index (χ0n) is 25.5. The number of hydrogen-bond donors (Lipinski definition) is 2. The van der Waals surface area contributed by atoms with Crippen LogP contribution in [0.4, 0.5) is 4.79 Å². The molecule has 0 aromatic heterocycles. The molecule has 0 aliphatic carbocycles. The summed E-state index contributed by atoms with van der Waals surface area (Å²) in [7, 11) is 0. The maximum atomic E-state index is 13.0. The number of esters is 1. The molecule has 2 fully saturated rings. The third-order valence-corrected chi connectivity index (χ3v) is 7.04. The summed E-state index contributed by atoms with van der Waals surface area (Å²) in [6.45, 7) is 14.6. The highest BCUT2D eigenvalue weighted by atomic mass is 16.6. The van der Waals surface area contributed by atoms with Crippen LogP contribution in [0.1, 0.15) is 87.0 Å². The molecule has 0 radical (unpaired) electrons. The molecule has 11 nitrogen and oxygen atoms in total. The van der Waals surface area contributed by atoms with Crippen molar-refractivity contribution in [3.05, 3.63) is 0 Å². The standard InChI is InChI=1S/C29H50N4O7/c1-20(34)30-17-23(26(37)39-28(2,3)4)18-31-25(36)22-9-8-14-33(19-22)24(35)11-10-21-12-15-32(16-13-21)27(38)40-29(5,6)7/h21-23H,8-19H2,1-7H3,(H,30,34)(H,31,36)/t22-,23+/m1/s1. The van der Waals surface area contributed by atoms with Crippen molar-refractivity contribution in [3.8, 4) is 0 Å². The molecule has 0 aromatic carbocycles. The average Bonchev–Trinajstić information content (AvgIpc) is 2.85. The van der Waals surface area contributed by atoms with Gasteiger partial charge in [-0.1, -0.05) is 0 Å². The van der Waals surface area contributed by atoms with E-state index in [9.17, 15) is 24.0 Å². The number of nitrogens with zero attached hydrogens (tertiary/aromatic N) is 2. The monoisotopic (exact) mass is 566 g/mol. The van der Waals surface area contributed by atoms with Gasteiger partial charge in [-0.05, 0) is 79.6 Å². The summed E-state index contributed by atoms with van der Waals surface area (Å²) in [5, 5.41) is 5.47. The van der Waals surface area contributed by atoms with Crippen LogP contribution in [0.2, 0.25) is 0 Å². The second kappa shape index (κ2) is 14.7. The van der Waals surface area contributed by atoms with Gasteiger partial charge in [0.25, 0.3) is 0 Å².